The molecule has 1 fully saturated rings. The highest BCUT2D eigenvalue weighted by atomic mass is 32.1. The molecule has 0 aromatic carbocycles. The molecule has 0 bridgehead atoms. The second kappa shape index (κ2) is 3.27. The van der Waals surface area contributed by atoms with Gasteiger partial charge in [0.25, 0.3) is 5.92 Å². The van der Waals surface area contributed by atoms with E-state index in [1.807, 2.05) is 0 Å². The minimum absolute atomic E-state index is 0.202. The van der Waals surface area contributed by atoms with Crippen molar-refractivity contribution in [2.75, 3.05) is 26.1 Å². The second-order valence-electron chi connectivity index (χ2n) is 4.08. The number of ether oxygens (including phenoxy) is 1. The molecule has 90 valence electrons. The molecule has 2 rings (SSSR count). The van der Waals surface area contributed by atoms with E-state index in [0.717, 1.165) is 11.3 Å². The Hall–Kier alpha value is -0.950. The third-order valence-corrected chi connectivity index (χ3v) is 3.98. The van der Waals surface area contributed by atoms with E-state index in [-0.39, 0.29) is 12.3 Å². The zero-order valence-electron chi connectivity index (χ0n) is 9.25. The smallest absolute Gasteiger partial charge is 0.273 e. The van der Waals surface area contributed by atoms with Crippen LogP contribution >= 0.6 is 11.3 Å². The van der Waals surface area contributed by atoms with E-state index in [4.69, 9.17) is 10.5 Å². The van der Waals surface area contributed by atoms with Crippen molar-refractivity contribution in [3.05, 3.63) is 4.88 Å². The Kier molecular flexibility index (Phi) is 2.36. The first-order valence-electron chi connectivity index (χ1n) is 4.71. The first-order valence-corrected chi connectivity index (χ1v) is 5.53. The van der Waals surface area contributed by atoms with Crippen molar-refractivity contribution in [3.8, 4) is 5.88 Å². The quantitative estimate of drug-likeness (QED) is 0.880. The van der Waals surface area contributed by atoms with Gasteiger partial charge in [0.15, 0.2) is 5.13 Å². The van der Waals surface area contributed by atoms with Crippen LogP contribution in [0.25, 0.3) is 0 Å². The molecular weight excluding hydrogens is 236 g/mol. The molecule has 16 heavy (non-hydrogen) atoms. The van der Waals surface area contributed by atoms with Crippen LogP contribution in [0.15, 0.2) is 0 Å². The van der Waals surface area contributed by atoms with Crippen molar-refractivity contribution >= 4 is 16.5 Å². The maximum absolute atomic E-state index is 13.2. The molecule has 1 aromatic rings. The highest BCUT2D eigenvalue weighted by Gasteiger charge is 2.72. The number of thiazole rings is 1. The summed E-state index contributed by atoms with van der Waals surface area (Å²) in [6.45, 7) is 0. The van der Waals surface area contributed by atoms with Crippen LogP contribution in [0.4, 0.5) is 13.9 Å². The van der Waals surface area contributed by atoms with E-state index < -0.39 is 11.5 Å². The van der Waals surface area contributed by atoms with Crippen LogP contribution in [0.1, 0.15) is 11.3 Å². The van der Waals surface area contributed by atoms with E-state index in [2.05, 4.69) is 4.98 Å². The number of anilines is 1. The van der Waals surface area contributed by atoms with Crippen LogP contribution < -0.4 is 15.4 Å². The molecule has 2 N–H and O–H groups in total. The Morgan fingerprint density at radius 3 is 2.44 bits per heavy atom. The number of nitrogens with two attached hydrogens (primary N) is 1. The highest BCUT2D eigenvalue weighted by Crippen LogP contribution is 2.61. The lowest BCUT2D eigenvalue weighted by atomic mass is 10.2. The van der Waals surface area contributed by atoms with Gasteiger partial charge in [-0.05, 0) is 0 Å². The zero-order chi connectivity index (χ0) is 12.1. The molecule has 1 unspecified atom stereocenters. The molecule has 1 aliphatic rings. The van der Waals surface area contributed by atoms with Crippen molar-refractivity contribution in [3.63, 3.8) is 0 Å². The molecular formula is C9H13F2N3OS. The van der Waals surface area contributed by atoms with Crippen molar-refractivity contribution < 1.29 is 13.5 Å². The number of hydrogen-bond acceptors (Lipinski definition) is 5. The summed E-state index contributed by atoms with van der Waals surface area (Å²) in [6.07, 6.45) is -0.342. The van der Waals surface area contributed by atoms with Crippen molar-refractivity contribution in [2.24, 2.45) is 5.73 Å². The van der Waals surface area contributed by atoms with E-state index in [1.165, 1.54) is 7.11 Å². The lowest BCUT2D eigenvalue weighted by Crippen LogP contribution is -2.26. The summed E-state index contributed by atoms with van der Waals surface area (Å²) in [5.74, 6) is -2.65. The van der Waals surface area contributed by atoms with Gasteiger partial charge in [-0.15, -0.1) is 0 Å². The summed E-state index contributed by atoms with van der Waals surface area (Å²) in [5.41, 5.74) is 4.06. The number of hydrogen-bond donors (Lipinski definition) is 1. The molecule has 0 saturated heterocycles. The number of alkyl halides is 2. The maximum atomic E-state index is 13.2. The van der Waals surface area contributed by atoms with Gasteiger partial charge in [-0.25, -0.2) is 8.78 Å². The average molecular weight is 249 g/mol. The van der Waals surface area contributed by atoms with E-state index in [1.54, 1.807) is 19.0 Å². The number of methoxy groups -OCH3 is 1. The molecule has 0 spiro atoms. The minimum Gasteiger partial charge on any atom is -0.480 e. The molecule has 7 heteroatoms. The monoisotopic (exact) mass is 249 g/mol. The highest BCUT2D eigenvalue weighted by molar-refractivity contribution is 7.16. The van der Waals surface area contributed by atoms with Crippen LogP contribution in [-0.2, 0) is 5.54 Å². The SMILES string of the molecule is COc1nc(N(C)C)sc1C1(N)CC1(F)F. The zero-order valence-corrected chi connectivity index (χ0v) is 10.1. The summed E-state index contributed by atoms with van der Waals surface area (Å²) < 4.78 is 31.4. The first-order chi connectivity index (χ1) is 7.32. The number of nitrogens with zero attached hydrogens (tertiary/aromatic N) is 2. The van der Waals surface area contributed by atoms with Gasteiger partial charge in [0.1, 0.15) is 5.54 Å². The predicted octanol–water partition coefficient (Wildman–Crippen LogP) is 1.41. The van der Waals surface area contributed by atoms with Gasteiger partial charge < -0.3 is 15.4 Å². The molecule has 1 heterocycles. The molecule has 0 aliphatic heterocycles. The van der Waals surface area contributed by atoms with Crippen molar-refractivity contribution in [1.29, 1.82) is 0 Å². The molecule has 0 radical (unpaired) electrons. The molecule has 1 aliphatic carbocycles. The number of aromatic nitrogens is 1. The summed E-state index contributed by atoms with van der Waals surface area (Å²) in [4.78, 5) is 6.17. The van der Waals surface area contributed by atoms with Crippen LogP contribution in [0.2, 0.25) is 0 Å². The summed E-state index contributed by atoms with van der Waals surface area (Å²) in [6, 6.07) is 0. The van der Waals surface area contributed by atoms with Gasteiger partial charge in [0.2, 0.25) is 5.88 Å². The van der Waals surface area contributed by atoms with Gasteiger partial charge in [-0.2, -0.15) is 4.98 Å². The van der Waals surface area contributed by atoms with Crippen LogP contribution in [0, 0.1) is 0 Å². The molecule has 1 atom stereocenters. The van der Waals surface area contributed by atoms with Gasteiger partial charge in [-0.1, -0.05) is 11.3 Å². The number of halogens is 2. The van der Waals surface area contributed by atoms with Gasteiger partial charge in [0.05, 0.1) is 12.0 Å². The molecule has 1 aromatic heterocycles. The van der Waals surface area contributed by atoms with Gasteiger partial charge >= 0.3 is 0 Å². The van der Waals surface area contributed by atoms with Crippen LogP contribution in [0.3, 0.4) is 0 Å². The van der Waals surface area contributed by atoms with Crippen molar-refractivity contribution in [1.82, 2.24) is 4.98 Å². The summed E-state index contributed by atoms with van der Waals surface area (Å²) in [5, 5.41) is 0.611. The molecule has 0 amide bonds. The average Bonchev–Trinajstić information content (AvgIpc) is 2.62. The summed E-state index contributed by atoms with van der Waals surface area (Å²) >= 11 is 1.15. The Morgan fingerprint density at radius 2 is 2.06 bits per heavy atom. The lowest BCUT2D eigenvalue weighted by Gasteiger charge is -2.08. The fraction of sp³-hybridized carbons (Fsp3) is 0.667. The largest absolute Gasteiger partial charge is 0.480 e. The molecule has 1 saturated carbocycles. The fourth-order valence-corrected chi connectivity index (χ4v) is 2.57. The maximum Gasteiger partial charge on any atom is 0.273 e. The normalized spacial score (nSPS) is 26.6. The fourth-order valence-electron chi connectivity index (χ4n) is 1.46. The second-order valence-corrected chi connectivity index (χ2v) is 5.06. The topological polar surface area (TPSA) is 51.4 Å². The summed E-state index contributed by atoms with van der Waals surface area (Å²) in [7, 11) is 4.98. The minimum atomic E-state index is -2.85. The lowest BCUT2D eigenvalue weighted by molar-refractivity contribution is 0.0892. The standard InChI is InChI=1S/C9H13F2N3OS/c1-14(2)7-13-6(15-3)5(16-7)8(12)4-9(8,10)11/h4,12H2,1-3H3. The number of rotatable bonds is 3. The van der Waals surface area contributed by atoms with Crippen molar-refractivity contribution in [2.45, 2.75) is 17.9 Å². The van der Waals surface area contributed by atoms with E-state index in [0.29, 0.717) is 10.0 Å². The first kappa shape index (κ1) is 11.5. The predicted molar refractivity (Wildman–Crippen MR) is 58.4 cm³/mol. The third kappa shape index (κ3) is 1.46. The van der Waals surface area contributed by atoms with E-state index in [9.17, 15) is 8.78 Å². The van der Waals surface area contributed by atoms with Crippen LogP contribution in [0.5, 0.6) is 5.88 Å². The van der Waals surface area contributed by atoms with Gasteiger partial charge in [0, 0.05) is 20.5 Å². The Morgan fingerprint density at radius 1 is 1.50 bits per heavy atom. The van der Waals surface area contributed by atoms with E-state index >= 15 is 0 Å². The Balaban J connectivity index is 2.42. The Bertz CT molecular complexity index is 421. The van der Waals surface area contributed by atoms with Gasteiger partial charge in [-0.3, -0.25) is 0 Å². The Labute approximate surface area is 96.0 Å². The van der Waals surface area contributed by atoms with Crippen LogP contribution in [-0.4, -0.2) is 32.1 Å². The molecule has 4 nitrogen and oxygen atoms in total. The third-order valence-electron chi connectivity index (χ3n) is 2.59.